The highest BCUT2D eigenvalue weighted by atomic mass is 32.2. The standard InChI is InChI=1S/C22H29NO2S/c1-16(2)12-21(19-8-10-20(25-4)11-9-19)23-22(24)15-26-14-18-7-5-6-17(3)13-18/h5-11,13,16,21H,12,14-15H2,1-4H3,(H,23,24)/t21-/m0/s1. The Morgan fingerprint density at radius 1 is 1.15 bits per heavy atom. The van der Waals surface area contributed by atoms with Gasteiger partial charge in [0.1, 0.15) is 5.75 Å². The molecule has 0 radical (unpaired) electrons. The van der Waals surface area contributed by atoms with Crippen LogP contribution in [0.4, 0.5) is 0 Å². The minimum atomic E-state index is 0.0352. The molecule has 2 aromatic carbocycles. The smallest absolute Gasteiger partial charge is 0.230 e. The second kappa shape index (κ2) is 10.3. The number of ether oxygens (including phenoxy) is 1. The van der Waals surface area contributed by atoms with Gasteiger partial charge >= 0.3 is 0 Å². The van der Waals surface area contributed by atoms with Gasteiger partial charge < -0.3 is 10.1 Å². The molecule has 2 rings (SSSR count). The number of carbonyl (C=O) groups is 1. The number of hydrogen-bond donors (Lipinski definition) is 1. The molecular weight excluding hydrogens is 342 g/mol. The molecule has 1 atom stereocenters. The van der Waals surface area contributed by atoms with Crippen molar-refractivity contribution in [3.05, 3.63) is 65.2 Å². The van der Waals surface area contributed by atoms with Gasteiger partial charge in [-0.25, -0.2) is 0 Å². The molecule has 3 nitrogen and oxygen atoms in total. The van der Waals surface area contributed by atoms with Crippen LogP contribution in [0.5, 0.6) is 5.75 Å². The lowest BCUT2D eigenvalue weighted by atomic mass is 9.97. The van der Waals surface area contributed by atoms with Gasteiger partial charge in [-0.05, 0) is 42.5 Å². The Labute approximate surface area is 161 Å². The molecule has 0 aliphatic rings. The van der Waals surface area contributed by atoms with Crippen molar-refractivity contribution >= 4 is 17.7 Å². The molecule has 2 aromatic rings. The molecule has 0 aromatic heterocycles. The second-order valence-electron chi connectivity index (χ2n) is 7.00. The predicted octanol–water partition coefficient (Wildman–Crippen LogP) is 5.14. The van der Waals surface area contributed by atoms with E-state index in [4.69, 9.17) is 4.74 Å². The van der Waals surface area contributed by atoms with E-state index in [0.717, 1.165) is 23.5 Å². The van der Waals surface area contributed by atoms with Crippen LogP contribution >= 0.6 is 11.8 Å². The van der Waals surface area contributed by atoms with Gasteiger partial charge in [0.2, 0.25) is 5.91 Å². The molecule has 0 spiro atoms. The Bertz CT molecular complexity index is 698. The fraction of sp³-hybridized carbons (Fsp3) is 0.409. The molecule has 0 aliphatic carbocycles. The number of hydrogen-bond acceptors (Lipinski definition) is 3. The SMILES string of the molecule is COc1ccc([C@H](CC(C)C)NC(=O)CSCc2cccc(C)c2)cc1. The van der Waals surface area contributed by atoms with E-state index in [1.807, 2.05) is 24.3 Å². The topological polar surface area (TPSA) is 38.3 Å². The van der Waals surface area contributed by atoms with E-state index in [2.05, 4.69) is 50.4 Å². The molecule has 140 valence electrons. The summed E-state index contributed by atoms with van der Waals surface area (Å²) in [6.07, 6.45) is 0.917. The van der Waals surface area contributed by atoms with Crippen LogP contribution in [0, 0.1) is 12.8 Å². The van der Waals surface area contributed by atoms with E-state index in [9.17, 15) is 4.79 Å². The molecule has 1 N–H and O–H groups in total. The van der Waals surface area contributed by atoms with Crippen LogP contribution in [0.1, 0.15) is 43.0 Å². The van der Waals surface area contributed by atoms with Crippen molar-refractivity contribution < 1.29 is 9.53 Å². The van der Waals surface area contributed by atoms with Crippen molar-refractivity contribution in [3.63, 3.8) is 0 Å². The highest BCUT2D eigenvalue weighted by Crippen LogP contribution is 2.24. The highest BCUT2D eigenvalue weighted by molar-refractivity contribution is 7.99. The van der Waals surface area contributed by atoms with Gasteiger partial charge in [0, 0.05) is 5.75 Å². The lowest BCUT2D eigenvalue weighted by Crippen LogP contribution is -2.30. The Morgan fingerprint density at radius 3 is 2.50 bits per heavy atom. The molecular formula is C22H29NO2S. The summed E-state index contributed by atoms with van der Waals surface area (Å²) in [5, 5.41) is 3.20. The molecule has 0 heterocycles. The molecule has 0 bridgehead atoms. The highest BCUT2D eigenvalue weighted by Gasteiger charge is 2.16. The molecule has 0 saturated heterocycles. The molecule has 1 amide bonds. The van der Waals surface area contributed by atoms with Crippen molar-refractivity contribution in [3.8, 4) is 5.75 Å². The minimum Gasteiger partial charge on any atom is -0.497 e. The van der Waals surface area contributed by atoms with Gasteiger partial charge in [-0.2, -0.15) is 0 Å². The van der Waals surface area contributed by atoms with E-state index in [-0.39, 0.29) is 11.9 Å². The van der Waals surface area contributed by atoms with Crippen LogP contribution < -0.4 is 10.1 Å². The number of nitrogens with one attached hydrogen (secondary N) is 1. The van der Waals surface area contributed by atoms with Crippen LogP contribution in [-0.4, -0.2) is 18.8 Å². The Kier molecular flexibility index (Phi) is 8.05. The molecule has 0 saturated carbocycles. The average Bonchev–Trinajstić information content (AvgIpc) is 2.61. The Morgan fingerprint density at radius 2 is 1.88 bits per heavy atom. The molecule has 0 aliphatic heterocycles. The van der Waals surface area contributed by atoms with E-state index < -0.39 is 0 Å². The Balaban J connectivity index is 1.90. The molecule has 0 unspecified atom stereocenters. The van der Waals surface area contributed by atoms with E-state index >= 15 is 0 Å². The fourth-order valence-electron chi connectivity index (χ4n) is 2.89. The maximum atomic E-state index is 12.4. The van der Waals surface area contributed by atoms with Crippen molar-refractivity contribution in [2.45, 2.75) is 39.0 Å². The summed E-state index contributed by atoms with van der Waals surface area (Å²) < 4.78 is 5.22. The van der Waals surface area contributed by atoms with Gasteiger partial charge in [-0.3, -0.25) is 4.79 Å². The zero-order valence-electron chi connectivity index (χ0n) is 16.1. The van der Waals surface area contributed by atoms with Crippen LogP contribution in [0.2, 0.25) is 0 Å². The third-order valence-electron chi connectivity index (χ3n) is 4.14. The van der Waals surface area contributed by atoms with Crippen LogP contribution in [0.3, 0.4) is 0 Å². The summed E-state index contributed by atoms with van der Waals surface area (Å²) in [6, 6.07) is 16.4. The third-order valence-corrected chi connectivity index (χ3v) is 5.15. The summed E-state index contributed by atoms with van der Waals surface area (Å²) in [5.41, 5.74) is 3.64. The Hall–Kier alpha value is -1.94. The van der Waals surface area contributed by atoms with Crippen molar-refractivity contribution in [1.82, 2.24) is 5.32 Å². The van der Waals surface area contributed by atoms with Crippen molar-refractivity contribution in [2.24, 2.45) is 5.92 Å². The van der Waals surface area contributed by atoms with Gasteiger partial charge in [0.15, 0.2) is 0 Å². The maximum Gasteiger partial charge on any atom is 0.230 e. The number of carbonyl (C=O) groups excluding carboxylic acids is 1. The molecule has 26 heavy (non-hydrogen) atoms. The van der Waals surface area contributed by atoms with E-state index in [1.54, 1.807) is 18.9 Å². The molecule has 0 fully saturated rings. The van der Waals surface area contributed by atoms with E-state index in [1.165, 1.54) is 11.1 Å². The zero-order valence-corrected chi connectivity index (χ0v) is 16.9. The minimum absolute atomic E-state index is 0.0352. The monoisotopic (exact) mass is 371 g/mol. The van der Waals surface area contributed by atoms with Crippen molar-refractivity contribution in [2.75, 3.05) is 12.9 Å². The van der Waals surface area contributed by atoms with Gasteiger partial charge in [-0.1, -0.05) is 55.8 Å². The van der Waals surface area contributed by atoms with E-state index in [0.29, 0.717) is 11.7 Å². The molecule has 4 heteroatoms. The number of methoxy groups -OCH3 is 1. The lowest BCUT2D eigenvalue weighted by molar-refractivity contribution is -0.119. The predicted molar refractivity (Wildman–Crippen MR) is 111 cm³/mol. The summed E-state index contributed by atoms with van der Waals surface area (Å²) in [6.45, 7) is 6.44. The first-order valence-electron chi connectivity index (χ1n) is 9.04. The number of amides is 1. The summed E-state index contributed by atoms with van der Waals surface area (Å²) in [5.74, 6) is 2.74. The van der Waals surface area contributed by atoms with Crippen molar-refractivity contribution in [1.29, 1.82) is 0 Å². The number of benzene rings is 2. The first kappa shape index (κ1) is 20.4. The fourth-order valence-corrected chi connectivity index (χ4v) is 3.67. The largest absolute Gasteiger partial charge is 0.497 e. The van der Waals surface area contributed by atoms with Crippen LogP contribution in [-0.2, 0) is 10.5 Å². The maximum absolute atomic E-state index is 12.4. The first-order chi connectivity index (χ1) is 12.5. The van der Waals surface area contributed by atoms with Gasteiger partial charge in [0.25, 0.3) is 0 Å². The second-order valence-corrected chi connectivity index (χ2v) is 7.99. The summed E-state index contributed by atoms with van der Waals surface area (Å²) in [4.78, 5) is 12.4. The summed E-state index contributed by atoms with van der Waals surface area (Å²) in [7, 11) is 1.66. The lowest BCUT2D eigenvalue weighted by Gasteiger charge is -2.21. The van der Waals surface area contributed by atoms with Gasteiger partial charge in [0.05, 0.1) is 18.9 Å². The number of rotatable bonds is 9. The quantitative estimate of drug-likeness (QED) is 0.663. The summed E-state index contributed by atoms with van der Waals surface area (Å²) >= 11 is 1.65. The third kappa shape index (κ3) is 6.75. The van der Waals surface area contributed by atoms with Crippen LogP contribution in [0.15, 0.2) is 48.5 Å². The first-order valence-corrected chi connectivity index (χ1v) is 10.2. The number of aryl methyl sites for hydroxylation is 1. The van der Waals surface area contributed by atoms with Gasteiger partial charge in [-0.15, -0.1) is 11.8 Å². The normalized spacial score (nSPS) is 12.0. The average molecular weight is 372 g/mol. The van der Waals surface area contributed by atoms with Crippen LogP contribution in [0.25, 0.3) is 0 Å². The zero-order chi connectivity index (χ0) is 18.9. The number of thioether (sulfide) groups is 1.